The van der Waals surface area contributed by atoms with E-state index in [4.69, 9.17) is 5.11 Å². The highest BCUT2D eigenvalue weighted by Crippen LogP contribution is 2.19. The second kappa shape index (κ2) is 4.21. The van der Waals surface area contributed by atoms with Crippen molar-refractivity contribution in [1.29, 1.82) is 0 Å². The van der Waals surface area contributed by atoms with Gasteiger partial charge in [-0.15, -0.1) is 11.3 Å². The number of aromatic nitrogens is 1. The van der Waals surface area contributed by atoms with Gasteiger partial charge in [-0.25, -0.2) is 4.98 Å². The van der Waals surface area contributed by atoms with E-state index in [2.05, 4.69) is 4.98 Å². The van der Waals surface area contributed by atoms with Gasteiger partial charge in [0.2, 0.25) is 0 Å². The highest BCUT2D eigenvalue weighted by Gasteiger charge is 2.31. The molecule has 6 heteroatoms. The van der Waals surface area contributed by atoms with Crippen molar-refractivity contribution in [2.75, 3.05) is 13.1 Å². The van der Waals surface area contributed by atoms with E-state index in [0.29, 0.717) is 25.2 Å². The van der Waals surface area contributed by atoms with Crippen LogP contribution in [-0.2, 0) is 4.79 Å². The lowest BCUT2D eigenvalue weighted by atomic mass is 10.1. The van der Waals surface area contributed by atoms with Crippen molar-refractivity contribution < 1.29 is 14.7 Å². The summed E-state index contributed by atoms with van der Waals surface area (Å²) >= 11 is 1.42. The molecule has 86 valence electrons. The first kappa shape index (κ1) is 11.1. The number of thiazole rings is 1. The van der Waals surface area contributed by atoms with Crippen LogP contribution in [0.2, 0.25) is 0 Å². The van der Waals surface area contributed by atoms with Crippen molar-refractivity contribution in [3.8, 4) is 0 Å². The van der Waals surface area contributed by atoms with E-state index < -0.39 is 11.9 Å². The van der Waals surface area contributed by atoms with Crippen LogP contribution < -0.4 is 0 Å². The van der Waals surface area contributed by atoms with E-state index in [1.807, 2.05) is 6.92 Å². The standard InChI is InChI=1S/C10H12N2O3S/c1-6-11-8(5-16-6)9(13)12-3-2-7(4-12)10(14)15/h5,7H,2-4H2,1H3,(H,14,15)/t7-/m1/s1. The van der Waals surface area contributed by atoms with Crippen LogP contribution in [0.1, 0.15) is 21.9 Å². The first-order chi connectivity index (χ1) is 7.58. The number of amides is 1. The third kappa shape index (κ3) is 2.06. The molecule has 0 radical (unpaired) electrons. The van der Waals surface area contributed by atoms with Gasteiger partial charge < -0.3 is 10.0 Å². The van der Waals surface area contributed by atoms with Gasteiger partial charge in [0.1, 0.15) is 5.69 Å². The summed E-state index contributed by atoms with van der Waals surface area (Å²) in [6.07, 6.45) is 0.532. The molecule has 2 heterocycles. The first-order valence-corrected chi connectivity index (χ1v) is 5.90. The average Bonchev–Trinajstić information content (AvgIpc) is 2.84. The molecule has 1 aromatic heterocycles. The van der Waals surface area contributed by atoms with E-state index in [0.717, 1.165) is 5.01 Å². The number of hydrogen-bond donors (Lipinski definition) is 1. The Morgan fingerprint density at radius 3 is 2.88 bits per heavy atom. The molecule has 0 bridgehead atoms. The van der Waals surface area contributed by atoms with Gasteiger partial charge in [-0.2, -0.15) is 0 Å². The Balaban J connectivity index is 2.05. The van der Waals surface area contributed by atoms with Gasteiger partial charge in [-0.05, 0) is 13.3 Å². The summed E-state index contributed by atoms with van der Waals surface area (Å²) < 4.78 is 0. The van der Waals surface area contributed by atoms with Gasteiger partial charge in [-0.3, -0.25) is 9.59 Å². The van der Waals surface area contributed by atoms with E-state index in [9.17, 15) is 9.59 Å². The van der Waals surface area contributed by atoms with Crippen LogP contribution in [0.15, 0.2) is 5.38 Å². The minimum Gasteiger partial charge on any atom is -0.481 e. The van der Waals surface area contributed by atoms with Crippen LogP contribution in [0.3, 0.4) is 0 Å². The Bertz CT molecular complexity index is 429. The quantitative estimate of drug-likeness (QED) is 0.837. The SMILES string of the molecule is Cc1nc(C(=O)N2CC[C@@H](C(=O)O)C2)cs1. The van der Waals surface area contributed by atoms with Crippen molar-refractivity contribution >= 4 is 23.2 Å². The van der Waals surface area contributed by atoms with Gasteiger partial charge in [0.15, 0.2) is 0 Å². The second-order valence-corrected chi connectivity index (χ2v) is 4.89. The highest BCUT2D eigenvalue weighted by atomic mass is 32.1. The van der Waals surface area contributed by atoms with E-state index in [-0.39, 0.29) is 5.91 Å². The third-order valence-corrected chi connectivity index (χ3v) is 3.44. The summed E-state index contributed by atoms with van der Waals surface area (Å²) in [6.45, 7) is 2.64. The normalized spacial score (nSPS) is 20.1. The fourth-order valence-electron chi connectivity index (χ4n) is 1.77. The number of carbonyl (C=O) groups is 2. The molecule has 16 heavy (non-hydrogen) atoms. The fourth-order valence-corrected chi connectivity index (χ4v) is 2.36. The van der Waals surface area contributed by atoms with Crippen LogP contribution in [0.4, 0.5) is 0 Å². The molecule has 1 aromatic rings. The Kier molecular flexibility index (Phi) is 2.91. The zero-order valence-electron chi connectivity index (χ0n) is 8.84. The van der Waals surface area contributed by atoms with Crippen LogP contribution in [0.25, 0.3) is 0 Å². The summed E-state index contributed by atoms with van der Waals surface area (Å²) in [5.74, 6) is -1.42. The van der Waals surface area contributed by atoms with E-state index in [1.54, 1.807) is 10.3 Å². The van der Waals surface area contributed by atoms with Crippen LogP contribution >= 0.6 is 11.3 Å². The lowest BCUT2D eigenvalue weighted by molar-refractivity contribution is -0.141. The Morgan fingerprint density at radius 1 is 1.62 bits per heavy atom. The maximum Gasteiger partial charge on any atom is 0.308 e. The first-order valence-electron chi connectivity index (χ1n) is 5.02. The summed E-state index contributed by atoms with van der Waals surface area (Å²) in [5.41, 5.74) is 0.425. The number of aliphatic carboxylic acids is 1. The molecule has 0 spiro atoms. The van der Waals surface area contributed by atoms with Crippen molar-refractivity contribution in [1.82, 2.24) is 9.88 Å². The second-order valence-electron chi connectivity index (χ2n) is 3.83. The summed E-state index contributed by atoms with van der Waals surface area (Å²) in [5, 5.41) is 11.4. The largest absolute Gasteiger partial charge is 0.481 e. The maximum atomic E-state index is 11.9. The number of carboxylic acids is 1. The summed E-state index contributed by atoms with van der Waals surface area (Å²) in [6, 6.07) is 0. The van der Waals surface area contributed by atoms with Gasteiger partial charge in [-0.1, -0.05) is 0 Å². The van der Waals surface area contributed by atoms with Crippen molar-refractivity contribution in [3.63, 3.8) is 0 Å². The predicted molar refractivity (Wildman–Crippen MR) is 58.5 cm³/mol. The molecule has 1 saturated heterocycles. The molecule has 0 saturated carbocycles. The molecule has 2 rings (SSSR count). The van der Waals surface area contributed by atoms with Gasteiger partial charge in [0.25, 0.3) is 5.91 Å². The number of aryl methyl sites for hydroxylation is 1. The molecule has 1 aliphatic rings. The molecule has 5 nitrogen and oxygen atoms in total. The van der Waals surface area contributed by atoms with E-state index >= 15 is 0 Å². The molecular weight excluding hydrogens is 228 g/mol. The monoisotopic (exact) mass is 240 g/mol. The lowest BCUT2D eigenvalue weighted by Crippen LogP contribution is -2.30. The van der Waals surface area contributed by atoms with Crippen LogP contribution in [0.5, 0.6) is 0 Å². The smallest absolute Gasteiger partial charge is 0.308 e. The minimum atomic E-state index is -0.829. The molecular formula is C10H12N2O3S. The topological polar surface area (TPSA) is 70.5 Å². The Hall–Kier alpha value is -1.43. The van der Waals surface area contributed by atoms with Crippen LogP contribution in [-0.4, -0.2) is 40.0 Å². The lowest BCUT2D eigenvalue weighted by Gasteiger charge is -2.13. The number of carbonyl (C=O) groups excluding carboxylic acids is 1. The number of carboxylic acid groups (broad SMARTS) is 1. The molecule has 1 atom stereocenters. The third-order valence-electron chi connectivity index (χ3n) is 2.66. The zero-order chi connectivity index (χ0) is 11.7. The van der Waals surface area contributed by atoms with Crippen molar-refractivity contribution in [3.05, 3.63) is 16.1 Å². The minimum absolute atomic E-state index is 0.159. The number of likely N-dealkylation sites (tertiary alicyclic amines) is 1. The predicted octanol–water partition coefficient (Wildman–Crippen LogP) is 0.998. The number of hydrogen-bond acceptors (Lipinski definition) is 4. The molecule has 0 unspecified atom stereocenters. The van der Waals surface area contributed by atoms with Crippen molar-refractivity contribution in [2.45, 2.75) is 13.3 Å². The van der Waals surface area contributed by atoms with Gasteiger partial charge >= 0.3 is 5.97 Å². The maximum absolute atomic E-state index is 11.9. The Labute approximate surface area is 96.7 Å². The average molecular weight is 240 g/mol. The summed E-state index contributed by atoms with van der Waals surface area (Å²) in [7, 11) is 0. The van der Waals surface area contributed by atoms with Crippen LogP contribution in [0, 0.1) is 12.8 Å². The summed E-state index contributed by atoms with van der Waals surface area (Å²) in [4.78, 5) is 28.3. The van der Waals surface area contributed by atoms with E-state index in [1.165, 1.54) is 11.3 Å². The zero-order valence-corrected chi connectivity index (χ0v) is 9.66. The molecule has 1 N–H and O–H groups in total. The Morgan fingerprint density at radius 2 is 2.38 bits per heavy atom. The van der Waals surface area contributed by atoms with Gasteiger partial charge in [0, 0.05) is 18.5 Å². The number of rotatable bonds is 2. The molecule has 1 fully saturated rings. The highest BCUT2D eigenvalue weighted by molar-refractivity contribution is 7.09. The van der Waals surface area contributed by atoms with Gasteiger partial charge in [0.05, 0.1) is 10.9 Å². The molecule has 0 aromatic carbocycles. The van der Waals surface area contributed by atoms with Crippen molar-refractivity contribution in [2.24, 2.45) is 5.92 Å². The molecule has 0 aliphatic carbocycles. The fraction of sp³-hybridized carbons (Fsp3) is 0.500. The molecule has 1 aliphatic heterocycles. The molecule has 1 amide bonds. The number of nitrogens with zero attached hydrogens (tertiary/aromatic N) is 2.